The van der Waals surface area contributed by atoms with Crippen molar-refractivity contribution < 1.29 is 24.4 Å². The van der Waals surface area contributed by atoms with Crippen molar-refractivity contribution in [1.29, 1.82) is 0 Å². The third-order valence-electron chi connectivity index (χ3n) is 2.77. The Balaban J connectivity index is 3.08. The molecule has 0 saturated heterocycles. The summed E-state index contributed by atoms with van der Waals surface area (Å²) in [6.07, 6.45) is -0.364. The number of nitro groups is 1. The molecule has 8 heteroatoms. The zero-order valence-electron chi connectivity index (χ0n) is 12.7. The molecule has 0 aliphatic rings. The lowest BCUT2D eigenvalue weighted by Gasteiger charge is -2.27. The molecule has 0 radical (unpaired) electrons. The Bertz CT molecular complexity index is 608. The molecule has 0 saturated carbocycles. The molecular formula is C14H18N2O6. The molecule has 22 heavy (non-hydrogen) atoms. The van der Waals surface area contributed by atoms with Crippen LogP contribution in [0.15, 0.2) is 18.2 Å². The predicted octanol–water partition coefficient (Wildman–Crippen LogP) is 2.24. The molecule has 1 aromatic carbocycles. The first-order valence-electron chi connectivity index (χ1n) is 6.44. The SMILES string of the molecule is CC(C)(C)OC(=O)NC(C)(C=O)c1ccc([N+](=O)[O-])c(O)c1. The third-order valence-corrected chi connectivity index (χ3v) is 2.77. The highest BCUT2D eigenvalue weighted by Crippen LogP contribution is 2.30. The molecule has 0 aliphatic carbocycles. The lowest BCUT2D eigenvalue weighted by Crippen LogP contribution is -2.46. The number of aromatic hydroxyl groups is 1. The summed E-state index contributed by atoms with van der Waals surface area (Å²) < 4.78 is 5.07. The van der Waals surface area contributed by atoms with Gasteiger partial charge in [-0.2, -0.15) is 0 Å². The second-order valence-electron chi connectivity index (χ2n) is 5.91. The van der Waals surface area contributed by atoms with E-state index >= 15 is 0 Å². The number of nitrogens with one attached hydrogen (secondary N) is 1. The number of nitrogens with zero attached hydrogens (tertiary/aromatic N) is 1. The van der Waals surface area contributed by atoms with E-state index in [-0.39, 0.29) is 5.56 Å². The van der Waals surface area contributed by atoms with E-state index in [1.807, 2.05) is 0 Å². The molecule has 0 heterocycles. The van der Waals surface area contributed by atoms with Crippen LogP contribution < -0.4 is 5.32 Å². The second kappa shape index (κ2) is 6.00. The van der Waals surface area contributed by atoms with Crippen LogP contribution >= 0.6 is 0 Å². The maximum atomic E-state index is 11.8. The van der Waals surface area contributed by atoms with E-state index in [0.29, 0.717) is 6.29 Å². The number of alkyl carbamates (subject to hydrolysis) is 1. The Labute approximate surface area is 127 Å². The third kappa shape index (κ3) is 4.18. The molecule has 120 valence electrons. The Kier molecular flexibility index (Phi) is 4.75. The lowest BCUT2D eigenvalue weighted by atomic mass is 9.93. The van der Waals surface area contributed by atoms with E-state index in [9.17, 15) is 24.8 Å². The van der Waals surface area contributed by atoms with E-state index in [1.54, 1.807) is 20.8 Å². The van der Waals surface area contributed by atoms with Gasteiger partial charge in [0.2, 0.25) is 0 Å². The minimum atomic E-state index is -1.49. The van der Waals surface area contributed by atoms with Crippen LogP contribution in [0, 0.1) is 10.1 Å². The van der Waals surface area contributed by atoms with Crippen LogP contribution in [0.1, 0.15) is 33.3 Å². The topological polar surface area (TPSA) is 119 Å². The van der Waals surface area contributed by atoms with Gasteiger partial charge in [0.15, 0.2) is 5.75 Å². The second-order valence-corrected chi connectivity index (χ2v) is 5.91. The van der Waals surface area contributed by atoms with Gasteiger partial charge in [-0.15, -0.1) is 0 Å². The zero-order chi connectivity index (χ0) is 17.1. The summed E-state index contributed by atoms with van der Waals surface area (Å²) in [7, 11) is 0. The summed E-state index contributed by atoms with van der Waals surface area (Å²) in [5.41, 5.74) is -2.54. The smallest absolute Gasteiger partial charge is 0.408 e. The average molecular weight is 310 g/mol. The van der Waals surface area contributed by atoms with Crippen molar-refractivity contribution in [2.45, 2.75) is 38.8 Å². The van der Waals surface area contributed by atoms with Gasteiger partial charge in [-0.25, -0.2) is 4.79 Å². The molecule has 0 spiro atoms. The van der Waals surface area contributed by atoms with Crippen LogP contribution in [0.2, 0.25) is 0 Å². The minimum absolute atomic E-state index is 0.191. The number of phenols is 1. The number of rotatable bonds is 4. The summed E-state index contributed by atoms with van der Waals surface area (Å²) in [6.45, 7) is 6.40. The minimum Gasteiger partial charge on any atom is -0.502 e. The van der Waals surface area contributed by atoms with Crippen molar-refractivity contribution >= 4 is 18.1 Å². The molecule has 1 rings (SSSR count). The van der Waals surface area contributed by atoms with Gasteiger partial charge in [-0.3, -0.25) is 10.1 Å². The number of hydrogen-bond donors (Lipinski definition) is 2. The van der Waals surface area contributed by atoms with Gasteiger partial charge in [0.05, 0.1) is 4.92 Å². The number of aldehydes is 1. The first kappa shape index (κ1) is 17.4. The Hall–Kier alpha value is -2.64. The van der Waals surface area contributed by atoms with Gasteiger partial charge in [0.1, 0.15) is 17.4 Å². The van der Waals surface area contributed by atoms with Gasteiger partial charge >= 0.3 is 11.8 Å². The highest BCUT2D eigenvalue weighted by atomic mass is 16.6. The Morgan fingerprint density at radius 2 is 1.95 bits per heavy atom. The van der Waals surface area contributed by atoms with Crippen LogP contribution in [0.5, 0.6) is 5.75 Å². The standard InChI is InChI=1S/C14H18N2O6/c1-13(2,3)22-12(19)15-14(4,8-17)9-5-6-10(16(20)21)11(18)7-9/h5-8,18H,1-4H3,(H,15,19). The molecule has 0 aromatic heterocycles. The predicted molar refractivity (Wildman–Crippen MR) is 77.5 cm³/mol. The molecular weight excluding hydrogens is 292 g/mol. The molecule has 0 fully saturated rings. The number of benzene rings is 1. The largest absolute Gasteiger partial charge is 0.502 e. The number of ether oxygens (including phenoxy) is 1. The molecule has 2 N–H and O–H groups in total. The summed E-state index contributed by atoms with van der Waals surface area (Å²) in [5.74, 6) is -0.596. The number of hydrogen-bond acceptors (Lipinski definition) is 6. The normalized spacial score (nSPS) is 13.8. The van der Waals surface area contributed by atoms with Crippen molar-refractivity contribution in [2.75, 3.05) is 0 Å². The fourth-order valence-electron chi connectivity index (χ4n) is 1.69. The van der Waals surface area contributed by atoms with E-state index in [4.69, 9.17) is 4.74 Å². The van der Waals surface area contributed by atoms with Gasteiger partial charge < -0.3 is 20.0 Å². The first-order chi connectivity index (χ1) is 9.98. The summed E-state index contributed by atoms with van der Waals surface area (Å²) in [5, 5.41) is 22.7. The molecule has 1 atom stereocenters. The lowest BCUT2D eigenvalue weighted by molar-refractivity contribution is -0.385. The number of amides is 1. The van der Waals surface area contributed by atoms with E-state index in [0.717, 1.165) is 12.1 Å². The fourth-order valence-corrected chi connectivity index (χ4v) is 1.69. The monoisotopic (exact) mass is 310 g/mol. The number of carbonyl (C=O) groups is 2. The van der Waals surface area contributed by atoms with E-state index in [1.165, 1.54) is 13.0 Å². The Morgan fingerprint density at radius 1 is 1.36 bits per heavy atom. The van der Waals surface area contributed by atoms with Gasteiger partial charge in [-0.05, 0) is 45.4 Å². The van der Waals surface area contributed by atoms with Crippen LogP contribution in [0.3, 0.4) is 0 Å². The molecule has 0 aliphatic heterocycles. The van der Waals surface area contributed by atoms with Crippen LogP contribution in [-0.2, 0) is 15.1 Å². The number of carbonyl (C=O) groups excluding carboxylic acids is 2. The fraction of sp³-hybridized carbons (Fsp3) is 0.429. The average Bonchev–Trinajstić information content (AvgIpc) is 2.35. The molecule has 1 aromatic rings. The van der Waals surface area contributed by atoms with Gasteiger partial charge in [0.25, 0.3) is 0 Å². The maximum absolute atomic E-state index is 11.8. The maximum Gasteiger partial charge on any atom is 0.408 e. The van der Waals surface area contributed by atoms with Gasteiger partial charge in [-0.1, -0.05) is 0 Å². The summed E-state index contributed by atoms with van der Waals surface area (Å²) in [4.78, 5) is 33.1. The molecule has 1 amide bonds. The molecule has 0 bridgehead atoms. The quantitative estimate of drug-likeness (QED) is 0.500. The highest BCUT2D eigenvalue weighted by Gasteiger charge is 2.32. The number of phenolic OH excluding ortho intramolecular Hbond substituents is 1. The summed E-state index contributed by atoms with van der Waals surface area (Å²) >= 11 is 0. The Morgan fingerprint density at radius 3 is 2.36 bits per heavy atom. The summed E-state index contributed by atoms with van der Waals surface area (Å²) in [6, 6.07) is 3.40. The highest BCUT2D eigenvalue weighted by molar-refractivity contribution is 5.78. The molecule has 1 unspecified atom stereocenters. The molecule has 8 nitrogen and oxygen atoms in total. The van der Waals surface area contributed by atoms with Crippen LogP contribution in [-0.4, -0.2) is 28.0 Å². The van der Waals surface area contributed by atoms with Crippen molar-refractivity contribution in [3.05, 3.63) is 33.9 Å². The van der Waals surface area contributed by atoms with Crippen molar-refractivity contribution in [1.82, 2.24) is 5.32 Å². The van der Waals surface area contributed by atoms with E-state index < -0.39 is 33.6 Å². The van der Waals surface area contributed by atoms with Crippen LogP contribution in [0.4, 0.5) is 10.5 Å². The van der Waals surface area contributed by atoms with Crippen molar-refractivity contribution in [3.63, 3.8) is 0 Å². The van der Waals surface area contributed by atoms with Gasteiger partial charge in [0, 0.05) is 6.07 Å². The van der Waals surface area contributed by atoms with Crippen molar-refractivity contribution in [2.24, 2.45) is 0 Å². The number of nitro benzene ring substituents is 1. The first-order valence-corrected chi connectivity index (χ1v) is 6.44. The zero-order valence-corrected chi connectivity index (χ0v) is 12.7. The van der Waals surface area contributed by atoms with Crippen LogP contribution in [0.25, 0.3) is 0 Å². The van der Waals surface area contributed by atoms with Crippen molar-refractivity contribution in [3.8, 4) is 5.75 Å². The van der Waals surface area contributed by atoms with E-state index in [2.05, 4.69) is 5.32 Å².